The summed E-state index contributed by atoms with van der Waals surface area (Å²) in [6.45, 7) is -0.495. The molecule has 0 radical (unpaired) electrons. The van der Waals surface area contributed by atoms with Gasteiger partial charge in [0.25, 0.3) is 5.56 Å². The highest BCUT2D eigenvalue weighted by Crippen LogP contribution is 2.39. The standard InChI is InChI=1S/C11H18N3O9P/c1-12-23-8-6(5-21-24(17,18)19)22-10(9(8)20-2)14-4-3-7(15)13-11(14)16/h3-4,6,8-10,12H,5H2,1-2H3,(H,13,15,16)(H2,17,18,19)/t6-,8?,9?,10-/m1/s1. The highest BCUT2D eigenvalue weighted by atomic mass is 31.2. The van der Waals surface area contributed by atoms with Crippen LogP contribution in [0.4, 0.5) is 0 Å². The van der Waals surface area contributed by atoms with Crippen LogP contribution in [-0.4, -0.2) is 58.4 Å². The monoisotopic (exact) mass is 367 g/mol. The molecule has 13 heteroatoms. The SMILES string of the molecule is CNOC1C(OC)[C@H](n2ccc(=O)[nH]c2=O)O[C@@H]1COP(=O)(O)O. The van der Waals surface area contributed by atoms with E-state index in [9.17, 15) is 14.2 Å². The van der Waals surface area contributed by atoms with E-state index >= 15 is 0 Å². The van der Waals surface area contributed by atoms with Crippen molar-refractivity contribution in [3.8, 4) is 0 Å². The first-order valence-corrected chi connectivity index (χ1v) is 8.32. The van der Waals surface area contributed by atoms with E-state index in [1.807, 2.05) is 0 Å². The Labute approximate surface area is 135 Å². The summed E-state index contributed by atoms with van der Waals surface area (Å²) in [7, 11) is -1.88. The Kier molecular flexibility index (Phi) is 6.06. The first kappa shape index (κ1) is 19.0. The highest BCUT2D eigenvalue weighted by Gasteiger charge is 2.48. The van der Waals surface area contributed by atoms with E-state index in [2.05, 4.69) is 15.0 Å². The number of hydroxylamine groups is 1. The number of H-pyrrole nitrogens is 1. The molecular formula is C11H18N3O9P. The number of nitrogens with zero attached hydrogens (tertiary/aromatic N) is 1. The summed E-state index contributed by atoms with van der Waals surface area (Å²) in [6.07, 6.45) is -2.37. The maximum Gasteiger partial charge on any atom is 0.469 e. The molecule has 12 nitrogen and oxygen atoms in total. The van der Waals surface area contributed by atoms with Crippen LogP contribution < -0.4 is 16.7 Å². The van der Waals surface area contributed by atoms with Gasteiger partial charge in [-0.2, -0.15) is 0 Å². The molecule has 1 aliphatic rings. The number of aromatic nitrogens is 2. The largest absolute Gasteiger partial charge is 0.469 e. The number of phosphoric acid groups is 1. The number of methoxy groups -OCH3 is 1. The molecule has 0 spiro atoms. The van der Waals surface area contributed by atoms with Gasteiger partial charge in [-0.15, -0.1) is 0 Å². The Morgan fingerprint density at radius 1 is 1.42 bits per heavy atom. The molecular weight excluding hydrogens is 349 g/mol. The molecule has 1 saturated heterocycles. The molecule has 2 heterocycles. The second-order valence-corrected chi connectivity index (χ2v) is 6.10. The van der Waals surface area contributed by atoms with Crippen LogP contribution in [0.1, 0.15) is 6.23 Å². The highest BCUT2D eigenvalue weighted by molar-refractivity contribution is 7.46. The van der Waals surface area contributed by atoms with Crippen molar-refractivity contribution in [2.45, 2.75) is 24.5 Å². The van der Waals surface area contributed by atoms with Crippen molar-refractivity contribution in [1.82, 2.24) is 15.0 Å². The molecule has 0 amide bonds. The van der Waals surface area contributed by atoms with E-state index in [0.29, 0.717) is 0 Å². The van der Waals surface area contributed by atoms with Crippen LogP contribution in [0.2, 0.25) is 0 Å². The molecule has 0 saturated carbocycles. The molecule has 1 fully saturated rings. The van der Waals surface area contributed by atoms with Crippen molar-refractivity contribution in [3.05, 3.63) is 33.1 Å². The molecule has 0 aromatic carbocycles. The lowest BCUT2D eigenvalue weighted by Crippen LogP contribution is -2.42. The van der Waals surface area contributed by atoms with Gasteiger partial charge in [-0.3, -0.25) is 23.7 Å². The van der Waals surface area contributed by atoms with Gasteiger partial charge in [-0.1, -0.05) is 0 Å². The smallest absolute Gasteiger partial charge is 0.374 e. The lowest BCUT2D eigenvalue weighted by Gasteiger charge is -2.22. The predicted octanol–water partition coefficient (Wildman–Crippen LogP) is -1.92. The van der Waals surface area contributed by atoms with E-state index in [4.69, 9.17) is 24.1 Å². The molecule has 2 unspecified atom stereocenters. The van der Waals surface area contributed by atoms with Crippen molar-refractivity contribution in [3.63, 3.8) is 0 Å². The van der Waals surface area contributed by atoms with Gasteiger partial charge in [0, 0.05) is 26.4 Å². The van der Waals surface area contributed by atoms with E-state index < -0.39 is 50.2 Å². The Hall–Kier alpha value is -1.37. The fourth-order valence-corrected chi connectivity index (χ4v) is 2.73. The average molecular weight is 367 g/mol. The molecule has 1 aliphatic heterocycles. The van der Waals surface area contributed by atoms with E-state index in [1.54, 1.807) is 0 Å². The predicted molar refractivity (Wildman–Crippen MR) is 78.0 cm³/mol. The summed E-state index contributed by atoms with van der Waals surface area (Å²) < 4.78 is 27.3. The molecule has 4 N–H and O–H groups in total. The van der Waals surface area contributed by atoms with Gasteiger partial charge in [0.2, 0.25) is 0 Å². The van der Waals surface area contributed by atoms with E-state index in [-0.39, 0.29) is 0 Å². The Morgan fingerprint density at radius 3 is 2.67 bits per heavy atom. The molecule has 136 valence electrons. The Balaban J connectivity index is 2.29. The lowest BCUT2D eigenvalue weighted by molar-refractivity contribution is -0.0970. The van der Waals surface area contributed by atoms with Crippen LogP contribution in [0.15, 0.2) is 21.9 Å². The third kappa shape index (κ3) is 4.37. The second-order valence-electron chi connectivity index (χ2n) is 4.86. The van der Waals surface area contributed by atoms with Crippen molar-refractivity contribution < 1.29 is 33.2 Å². The molecule has 0 aliphatic carbocycles. The van der Waals surface area contributed by atoms with Gasteiger partial charge in [0.1, 0.15) is 18.3 Å². The summed E-state index contributed by atoms with van der Waals surface area (Å²) in [5.41, 5.74) is 1.14. The number of ether oxygens (including phenoxy) is 2. The van der Waals surface area contributed by atoms with Gasteiger partial charge >= 0.3 is 13.5 Å². The molecule has 2 rings (SSSR count). The van der Waals surface area contributed by atoms with Crippen molar-refractivity contribution in [1.29, 1.82) is 0 Å². The first-order valence-electron chi connectivity index (χ1n) is 6.79. The summed E-state index contributed by atoms with van der Waals surface area (Å²) in [4.78, 5) is 48.1. The minimum absolute atomic E-state index is 0.495. The van der Waals surface area contributed by atoms with Gasteiger partial charge in [-0.05, 0) is 0 Å². The van der Waals surface area contributed by atoms with Crippen LogP contribution in [0.3, 0.4) is 0 Å². The maximum absolute atomic E-state index is 11.9. The zero-order chi connectivity index (χ0) is 17.9. The van der Waals surface area contributed by atoms with Gasteiger partial charge < -0.3 is 19.3 Å². The summed E-state index contributed by atoms with van der Waals surface area (Å²) in [6, 6.07) is 1.13. The van der Waals surface area contributed by atoms with Crippen molar-refractivity contribution in [2.75, 3.05) is 20.8 Å². The zero-order valence-corrected chi connectivity index (χ0v) is 13.7. The van der Waals surface area contributed by atoms with E-state index in [0.717, 1.165) is 10.6 Å². The van der Waals surface area contributed by atoms with Crippen LogP contribution in [0.5, 0.6) is 0 Å². The summed E-state index contributed by atoms with van der Waals surface area (Å²) >= 11 is 0. The first-order chi connectivity index (χ1) is 11.3. The second kappa shape index (κ2) is 7.68. The van der Waals surface area contributed by atoms with Gasteiger partial charge in [0.05, 0.1) is 6.61 Å². The summed E-state index contributed by atoms with van der Waals surface area (Å²) in [5.74, 6) is 0. The molecule has 4 atom stereocenters. The quantitative estimate of drug-likeness (QED) is 0.316. The number of nitrogens with one attached hydrogen (secondary N) is 2. The maximum atomic E-state index is 11.9. The fraction of sp³-hybridized carbons (Fsp3) is 0.636. The molecule has 24 heavy (non-hydrogen) atoms. The fourth-order valence-electron chi connectivity index (χ4n) is 2.39. The Bertz CT molecular complexity index is 713. The van der Waals surface area contributed by atoms with Gasteiger partial charge in [0.15, 0.2) is 6.23 Å². The Morgan fingerprint density at radius 2 is 2.12 bits per heavy atom. The van der Waals surface area contributed by atoms with Crippen LogP contribution in [0, 0.1) is 0 Å². The number of hydrogen-bond donors (Lipinski definition) is 4. The number of rotatable bonds is 7. The number of aromatic amines is 1. The minimum Gasteiger partial charge on any atom is -0.374 e. The molecule has 1 aromatic heterocycles. The van der Waals surface area contributed by atoms with E-state index in [1.165, 1.54) is 20.4 Å². The van der Waals surface area contributed by atoms with Crippen LogP contribution >= 0.6 is 7.82 Å². The molecule has 0 bridgehead atoms. The average Bonchev–Trinajstić information content (AvgIpc) is 2.82. The zero-order valence-electron chi connectivity index (χ0n) is 12.8. The van der Waals surface area contributed by atoms with Gasteiger partial charge in [-0.25, -0.2) is 14.8 Å². The topological polar surface area (TPSA) is 161 Å². The molecule has 1 aromatic rings. The summed E-state index contributed by atoms with van der Waals surface area (Å²) in [5, 5.41) is 0. The third-order valence-corrected chi connectivity index (χ3v) is 3.83. The minimum atomic E-state index is -4.71. The third-order valence-electron chi connectivity index (χ3n) is 3.34. The number of phosphoric ester groups is 1. The number of hydrogen-bond acceptors (Lipinski definition) is 8. The van der Waals surface area contributed by atoms with Crippen LogP contribution in [0.25, 0.3) is 0 Å². The van der Waals surface area contributed by atoms with Crippen molar-refractivity contribution >= 4 is 7.82 Å². The van der Waals surface area contributed by atoms with Crippen molar-refractivity contribution in [2.24, 2.45) is 0 Å². The lowest BCUT2D eigenvalue weighted by atomic mass is 10.1. The van der Waals surface area contributed by atoms with Crippen LogP contribution in [-0.2, 0) is 23.4 Å². The normalized spacial score (nSPS) is 27.5.